The molecule has 2 atom stereocenters. The molecular weight excluding hydrogens is 256 g/mol. The van der Waals surface area contributed by atoms with Gasteiger partial charge in [0.05, 0.1) is 12.2 Å². The van der Waals surface area contributed by atoms with Crippen LogP contribution in [0.2, 0.25) is 0 Å². The molecule has 0 saturated carbocycles. The summed E-state index contributed by atoms with van der Waals surface area (Å²) in [5, 5.41) is 10.9. The summed E-state index contributed by atoms with van der Waals surface area (Å²) in [7, 11) is 0. The van der Waals surface area contributed by atoms with Crippen molar-refractivity contribution in [1.29, 1.82) is 0 Å². The fourth-order valence-electron chi connectivity index (χ4n) is 2.91. The summed E-state index contributed by atoms with van der Waals surface area (Å²) in [6.07, 6.45) is -0.824. The van der Waals surface area contributed by atoms with Crippen LogP contribution in [0.4, 0.5) is 0 Å². The lowest BCUT2D eigenvalue weighted by molar-refractivity contribution is -0.258. The number of carbonyl (C=O) groups excluding carboxylic acids is 1. The fraction of sp³-hybridized carbons (Fsp3) is 0.188. The summed E-state index contributed by atoms with van der Waals surface area (Å²) in [4.78, 5) is 11.9. The lowest BCUT2D eigenvalue weighted by atomic mass is 9.92. The van der Waals surface area contributed by atoms with Crippen LogP contribution in [0.25, 0.3) is 0 Å². The number of rotatable bonds is 1. The number of cyclic esters (lactones) is 1. The Morgan fingerprint density at radius 1 is 1.10 bits per heavy atom. The van der Waals surface area contributed by atoms with E-state index in [0.717, 1.165) is 5.56 Å². The molecule has 100 valence electrons. The van der Waals surface area contributed by atoms with Gasteiger partial charge in [-0.25, -0.2) is 4.79 Å². The normalized spacial score (nSPS) is 27.1. The lowest BCUT2D eigenvalue weighted by Gasteiger charge is -2.28. The van der Waals surface area contributed by atoms with Gasteiger partial charge < -0.3 is 14.6 Å². The Hall–Kier alpha value is -2.17. The van der Waals surface area contributed by atoms with Gasteiger partial charge in [-0.3, -0.25) is 0 Å². The van der Waals surface area contributed by atoms with Crippen molar-refractivity contribution in [2.75, 3.05) is 0 Å². The SMILES string of the molecule is O=C1O[C@H]([C@@]2(O)OCc3ccccc32)c2ccccc21. The first-order valence-electron chi connectivity index (χ1n) is 6.45. The predicted octanol–water partition coefficient (Wildman–Crippen LogP) is 2.27. The number of esters is 1. The molecule has 0 radical (unpaired) electrons. The predicted molar refractivity (Wildman–Crippen MR) is 69.7 cm³/mol. The first-order chi connectivity index (χ1) is 9.70. The molecule has 0 spiro atoms. The second-order valence-electron chi connectivity index (χ2n) is 5.01. The number of aliphatic hydroxyl groups is 1. The van der Waals surface area contributed by atoms with Crippen LogP contribution in [0.5, 0.6) is 0 Å². The Bertz CT molecular complexity index is 709. The Balaban J connectivity index is 1.86. The minimum absolute atomic E-state index is 0.308. The third-order valence-corrected chi connectivity index (χ3v) is 3.89. The smallest absolute Gasteiger partial charge is 0.339 e. The summed E-state index contributed by atoms with van der Waals surface area (Å²) in [5.74, 6) is -2.04. The maximum atomic E-state index is 11.9. The van der Waals surface area contributed by atoms with Crippen LogP contribution in [-0.2, 0) is 21.9 Å². The topological polar surface area (TPSA) is 55.8 Å². The zero-order chi connectivity index (χ0) is 13.7. The first kappa shape index (κ1) is 11.6. The van der Waals surface area contributed by atoms with E-state index in [1.54, 1.807) is 24.3 Å². The number of ether oxygens (including phenoxy) is 2. The van der Waals surface area contributed by atoms with Crippen molar-refractivity contribution in [2.45, 2.75) is 18.5 Å². The van der Waals surface area contributed by atoms with Crippen molar-refractivity contribution in [3.05, 3.63) is 70.8 Å². The standard InChI is InChI=1S/C16H12O4/c17-15-12-7-3-2-6-11(12)14(20-15)16(18)13-8-4-1-5-10(13)9-19-16/h1-8,14,18H,9H2/t14-,16-/m0/s1. The molecular formula is C16H12O4. The van der Waals surface area contributed by atoms with Crippen LogP contribution >= 0.6 is 0 Å². The van der Waals surface area contributed by atoms with Gasteiger partial charge in [-0.05, 0) is 11.6 Å². The summed E-state index contributed by atoms with van der Waals surface area (Å²) >= 11 is 0. The molecule has 0 bridgehead atoms. The van der Waals surface area contributed by atoms with Gasteiger partial charge in [-0.15, -0.1) is 0 Å². The van der Waals surface area contributed by atoms with E-state index in [4.69, 9.17) is 9.47 Å². The van der Waals surface area contributed by atoms with E-state index in [1.165, 1.54) is 0 Å². The molecule has 2 aromatic carbocycles. The Kier molecular flexibility index (Phi) is 2.28. The van der Waals surface area contributed by atoms with E-state index in [-0.39, 0.29) is 0 Å². The average molecular weight is 268 g/mol. The number of hydrogen-bond acceptors (Lipinski definition) is 4. The molecule has 0 amide bonds. The molecule has 4 nitrogen and oxygen atoms in total. The third kappa shape index (κ3) is 1.40. The van der Waals surface area contributed by atoms with Gasteiger partial charge in [0.2, 0.25) is 5.79 Å². The zero-order valence-electron chi connectivity index (χ0n) is 10.6. The van der Waals surface area contributed by atoms with E-state index in [9.17, 15) is 9.90 Å². The van der Waals surface area contributed by atoms with Crippen LogP contribution in [0.15, 0.2) is 48.5 Å². The fourth-order valence-corrected chi connectivity index (χ4v) is 2.91. The van der Waals surface area contributed by atoms with E-state index in [1.807, 2.05) is 24.3 Å². The maximum absolute atomic E-state index is 11.9. The van der Waals surface area contributed by atoms with Crippen LogP contribution < -0.4 is 0 Å². The van der Waals surface area contributed by atoms with Gasteiger partial charge >= 0.3 is 5.97 Å². The molecule has 2 aromatic rings. The van der Waals surface area contributed by atoms with Gasteiger partial charge in [0.25, 0.3) is 0 Å². The van der Waals surface area contributed by atoms with Crippen LogP contribution in [0.1, 0.15) is 33.2 Å². The molecule has 2 heterocycles. The molecule has 20 heavy (non-hydrogen) atoms. The first-order valence-corrected chi connectivity index (χ1v) is 6.45. The highest BCUT2D eigenvalue weighted by Gasteiger charge is 2.52. The number of fused-ring (bicyclic) bond motifs is 2. The monoisotopic (exact) mass is 268 g/mol. The van der Waals surface area contributed by atoms with Crippen LogP contribution in [-0.4, -0.2) is 11.1 Å². The van der Waals surface area contributed by atoms with Crippen molar-refractivity contribution >= 4 is 5.97 Å². The molecule has 0 unspecified atom stereocenters. The second-order valence-corrected chi connectivity index (χ2v) is 5.01. The summed E-state index contributed by atoms with van der Waals surface area (Å²) in [6.45, 7) is 0.308. The highest BCUT2D eigenvalue weighted by Crippen LogP contribution is 2.48. The van der Waals surface area contributed by atoms with Gasteiger partial charge in [-0.2, -0.15) is 0 Å². The molecule has 0 aromatic heterocycles. The molecule has 2 aliphatic rings. The van der Waals surface area contributed by atoms with Crippen molar-refractivity contribution < 1.29 is 19.4 Å². The summed E-state index contributed by atoms with van der Waals surface area (Å²) in [6, 6.07) is 14.5. The highest BCUT2D eigenvalue weighted by molar-refractivity contribution is 5.94. The molecule has 0 fully saturated rings. The maximum Gasteiger partial charge on any atom is 0.339 e. The van der Waals surface area contributed by atoms with Crippen molar-refractivity contribution in [1.82, 2.24) is 0 Å². The van der Waals surface area contributed by atoms with Gasteiger partial charge in [0.15, 0.2) is 6.10 Å². The minimum Gasteiger partial charge on any atom is -0.448 e. The van der Waals surface area contributed by atoms with Crippen molar-refractivity contribution in [3.8, 4) is 0 Å². The Morgan fingerprint density at radius 3 is 2.75 bits per heavy atom. The van der Waals surface area contributed by atoms with E-state index >= 15 is 0 Å². The van der Waals surface area contributed by atoms with Gasteiger partial charge in [-0.1, -0.05) is 42.5 Å². The molecule has 1 N–H and O–H groups in total. The van der Waals surface area contributed by atoms with Crippen molar-refractivity contribution in [3.63, 3.8) is 0 Å². The molecule has 2 aliphatic heterocycles. The van der Waals surface area contributed by atoms with E-state index in [2.05, 4.69) is 0 Å². The van der Waals surface area contributed by atoms with Gasteiger partial charge in [0, 0.05) is 11.1 Å². The number of benzene rings is 2. The van der Waals surface area contributed by atoms with Crippen LogP contribution in [0, 0.1) is 0 Å². The number of hydrogen-bond donors (Lipinski definition) is 1. The molecule has 0 aliphatic carbocycles. The second kappa shape index (κ2) is 3.91. The summed E-state index contributed by atoms with van der Waals surface area (Å²) < 4.78 is 10.9. The quantitative estimate of drug-likeness (QED) is 0.806. The van der Waals surface area contributed by atoms with Crippen LogP contribution in [0.3, 0.4) is 0 Å². The van der Waals surface area contributed by atoms with Gasteiger partial charge in [0.1, 0.15) is 0 Å². The molecule has 4 heteroatoms. The number of carbonyl (C=O) groups is 1. The average Bonchev–Trinajstić information content (AvgIpc) is 3.00. The Labute approximate surface area is 115 Å². The minimum atomic E-state index is -1.61. The van der Waals surface area contributed by atoms with Crippen molar-refractivity contribution in [2.24, 2.45) is 0 Å². The third-order valence-electron chi connectivity index (χ3n) is 3.89. The molecule has 4 rings (SSSR count). The zero-order valence-corrected chi connectivity index (χ0v) is 10.6. The highest BCUT2D eigenvalue weighted by atomic mass is 16.7. The summed E-state index contributed by atoms with van der Waals surface area (Å²) in [5.41, 5.74) is 2.72. The largest absolute Gasteiger partial charge is 0.448 e. The van der Waals surface area contributed by atoms with E-state index < -0.39 is 17.9 Å². The van der Waals surface area contributed by atoms with E-state index in [0.29, 0.717) is 23.3 Å². The lowest BCUT2D eigenvalue weighted by Crippen LogP contribution is -2.33. The Morgan fingerprint density at radius 2 is 1.85 bits per heavy atom. The molecule has 0 saturated heterocycles.